The second kappa shape index (κ2) is 12.2. The molecule has 1 aromatic heterocycles. The fourth-order valence-corrected chi connectivity index (χ4v) is 9.51. The largest absolute Gasteiger partial charge is 0.396 e. The van der Waals surface area contributed by atoms with E-state index in [2.05, 4.69) is 74.2 Å². The standard InChI is InChI=1S/C34H55N3O3Si/c1-24-11-12-28-27(29(14-16-33(24,28)2)34(3)15-13-26(39)19-25(34)22-38)20-35-21-32-36-30-9-7-8-10-31(30)37(32)23-40-17-18-41(4,5)6/h7-10,25-29,35,38-39H,1,11-23H2,2-6H3/t25-,26+,27+,28+,29+,33-,34+/m1/s1. The maximum Gasteiger partial charge on any atom is 0.125 e. The number of aliphatic hydroxyl groups excluding tert-OH is 2. The van der Waals surface area contributed by atoms with Crippen molar-refractivity contribution in [3.63, 3.8) is 0 Å². The summed E-state index contributed by atoms with van der Waals surface area (Å²) < 4.78 is 8.45. The van der Waals surface area contributed by atoms with E-state index < -0.39 is 8.07 Å². The summed E-state index contributed by atoms with van der Waals surface area (Å²) in [6.07, 6.45) is 6.99. The number of nitrogens with one attached hydrogen (secondary N) is 1. The van der Waals surface area contributed by atoms with Crippen molar-refractivity contribution in [2.24, 2.45) is 34.5 Å². The number of imidazole rings is 1. The highest BCUT2D eigenvalue weighted by atomic mass is 28.3. The van der Waals surface area contributed by atoms with Crippen LogP contribution in [0.3, 0.4) is 0 Å². The third-order valence-corrected chi connectivity index (χ3v) is 13.3. The molecule has 0 amide bonds. The summed E-state index contributed by atoms with van der Waals surface area (Å²) in [5.74, 6) is 2.82. The third-order valence-electron chi connectivity index (χ3n) is 11.6. The summed E-state index contributed by atoms with van der Waals surface area (Å²) in [6.45, 7) is 19.7. The Balaban J connectivity index is 1.35. The molecule has 0 bridgehead atoms. The van der Waals surface area contributed by atoms with Crippen molar-refractivity contribution in [1.82, 2.24) is 14.9 Å². The molecule has 3 aliphatic carbocycles. The van der Waals surface area contributed by atoms with Crippen LogP contribution < -0.4 is 5.32 Å². The van der Waals surface area contributed by atoms with E-state index in [0.717, 1.165) is 61.7 Å². The van der Waals surface area contributed by atoms with Crippen LogP contribution in [0.5, 0.6) is 0 Å². The van der Waals surface area contributed by atoms with Crippen molar-refractivity contribution < 1.29 is 14.9 Å². The number of hydrogen-bond acceptors (Lipinski definition) is 5. The van der Waals surface area contributed by atoms with Crippen LogP contribution in [0.25, 0.3) is 11.0 Å². The zero-order valence-electron chi connectivity index (χ0n) is 26.3. The molecule has 2 aromatic rings. The van der Waals surface area contributed by atoms with Crippen molar-refractivity contribution in [1.29, 1.82) is 0 Å². The van der Waals surface area contributed by atoms with E-state index in [1.54, 1.807) is 0 Å². The summed E-state index contributed by atoms with van der Waals surface area (Å²) in [4.78, 5) is 5.03. The monoisotopic (exact) mass is 581 g/mol. The van der Waals surface area contributed by atoms with Gasteiger partial charge in [-0.05, 0) is 104 Å². The Hall–Kier alpha value is -1.51. The van der Waals surface area contributed by atoms with Crippen LogP contribution in [0, 0.1) is 34.5 Å². The molecule has 0 aliphatic heterocycles. The molecule has 7 atom stereocenters. The van der Waals surface area contributed by atoms with Gasteiger partial charge in [-0.25, -0.2) is 4.98 Å². The lowest BCUT2D eigenvalue weighted by Crippen LogP contribution is -2.53. The molecule has 1 heterocycles. The molecule has 3 fully saturated rings. The minimum absolute atomic E-state index is 0.0446. The topological polar surface area (TPSA) is 79.5 Å². The Kier molecular flexibility index (Phi) is 9.23. The number of aromatic nitrogens is 2. The van der Waals surface area contributed by atoms with Crippen LogP contribution in [0.1, 0.15) is 64.6 Å². The van der Waals surface area contributed by atoms with Crippen molar-refractivity contribution in [3.05, 3.63) is 42.2 Å². The first-order valence-corrected chi connectivity index (χ1v) is 19.9. The lowest BCUT2D eigenvalue weighted by molar-refractivity contribution is -0.0933. The molecule has 3 aliphatic rings. The number of benzene rings is 1. The quantitative estimate of drug-likeness (QED) is 0.158. The lowest BCUT2D eigenvalue weighted by atomic mass is 9.49. The number of nitrogens with zero attached hydrogens (tertiary/aromatic N) is 2. The molecule has 0 radical (unpaired) electrons. The predicted molar refractivity (Wildman–Crippen MR) is 170 cm³/mol. The fourth-order valence-electron chi connectivity index (χ4n) is 8.76. The second-order valence-electron chi connectivity index (χ2n) is 15.2. The maximum atomic E-state index is 10.5. The van der Waals surface area contributed by atoms with Crippen LogP contribution in [0.4, 0.5) is 0 Å². The first-order valence-electron chi connectivity index (χ1n) is 16.2. The molecule has 3 N–H and O–H groups in total. The number of ether oxygens (including phenoxy) is 1. The Morgan fingerprint density at radius 1 is 1.12 bits per heavy atom. The van der Waals surface area contributed by atoms with Crippen molar-refractivity contribution >= 4 is 19.1 Å². The number of para-hydroxylation sites is 2. The highest BCUT2D eigenvalue weighted by Crippen LogP contribution is 2.63. The Bertz CT molecular complexity index is 1210. The molecular formula is C34H55N3O3Si. The van der Waals surface area contributed by atoms with E-state index in [9.17, 15) is 10.2 Å². The van der Waals surface area contributed by atoms with Crippen molar-refractivity contribution in [2.45, 2.75) is 104 Å². The molecule has 7 heteroatoms. The molecule has 1 aromatic carbocycles. The highest BCUT2D eigenvalue weighted by Gasteiger charge is 2.56. The molecule has 0 saturated heterocycles. The van der Waals surface area contributed by atoms with Crippen LogP contribution in [0.2, 0.25) is 25.7 Å². The summed E-state index contributed by atoms with van der Waals surface area (Å²) in [5, 5.41) is 24.8. The van der Waals surface area contributed by atoms with Gasteiger partial charge in [-0.15, -0.1) is 0 Å². The molecule has 228 valence electrons. The van der Waals surface area contributed by atoms with E-state index in [0.29, 0.717) is 31.0 Å². The van der Waals surface area contributed by atoms with E-state index in [1.165, 1.54) is 24.8 Å². The van der Waals surface area contributed by atoms with Gasteiger partial charge in [0.05, 0.1) is 23.7 Å². The van der Waals surface area contributed by atoms with Gasteiger partial charge in [0.25, 0.3) is 0 Å². The Morgan fingerprint density at radius 3 is 2.66 bits per heavy atom. The van der Waals surface area contributed by atoms with Gasteiger partial charge in [0.15, 0.2) is 0 Å². The Labute approximate surface area is 249 Å². The number of aliphatic hydroxyl groups is 2. The Morgan fingerprint density at radius 2 is 1.90 bits per heavy atom. The molecular weight excluding hydrogens is 526 g/mol. The van der Waals surface area contributed by atoms with Crippen LogP contribution in [-0.2, 0) is 18.0 Å². The third kappa shape index (κ3) is 6.26. The average Bonchev–Trinajstić information content (AvgIpc) is 3.43. The van der Waals surface area contributed by atoms with E-state index >= 15 is 0 Å². The van der Waals surface area contributed by atoms with Crippen LogP contribution >= 0.6 is 0 Å². The fraction of sp³-hybridized carbons (Fsp3) is 0.735. The minimum Gasteiger partial charge on any atom is -0.396 e. The van der Waals surface area contributed by atoms with Crippen molar-refractivity contribution in [3.8, 4) is 0 Å². The smallest absolute Gasteiger partial charge is 0.125 e. The van der Waals surface area contributed by atoms with E-state index in [4.69, 9.17) is 9.72 Å². The lowest BCUT2D eigenvalue weighted by Gasteiger charge is -2.56. The van der Waals surface area contributed by atoms with Crippen molar-refractivity contribution in [2.75, 3.05) is 19.8 Å². The summed E-state index contributed by atoms with van der Waals surface area (Å²) in [6, 6.07) is 9.54. The molecule has 0 spiro atoms. The number of hydrogen-bond donors (Lipinski definition) is 3. The zero-order chi connectivity index (χ0) is 29.4. The summed E-state index contributed by atoms with van der Waals surface area (Å²) in [7, 11) is -1.15. The number of rotatable bonds is 11. The van der Waals surface area contributed by atoms with E-state index in [-0.39, 0.29) is 29.5 Å². The van der Waals surface area contributed by atoms with Gasteiger partial charge in [-0.3, -0.25) is 0 Å². The van der Waals surface area contributed by atoms with Gasteiger partial charge in [0.1, 0.15) is 12.6 Å². The molecule has 3 saturated carbocycles. The molecule has 6 nitrogen and oxygen atoms in total. The van der Waals surface area contributed by atoms with Gasteiger partial charge < -0.3 is 24.8 Å². The minimum atomic E-state index is -1.15. The first-order chi connectivity index (χ1) is 19.5. The molecule has 41 heavy (non-hydrogen) atoms. The van der Waals surface area contributed by atoms with Crippen LogP contribution in [-0.4, -0.2) is 53.7 Å². The number of fused-ring (bicyclic) bond motifs is 2. The summed E-state index contributed by atoms with van der Waals surface area (Å²) in [5.41, 5.74) is 3.84. The molecule has 5 rings (SSSR count). The normalized spacial score (nSPS) is 34.3. The van der Waals surface area contributed by atoms with Gasteiger partial charge in [0.2, 0.25) is 0 Å². The average molecular weight is 582 g/mol. The molecule has 0 unspecified atom stereocenters. The van der Waals surface area contributed by atoms with E-state index in [1.807, 2.05) is 0 Å². The van der Waals surface area contributed by atoms with Gasteiger partial charge >= 0.3 is 0 Å². The second-order valence-corrected chi connectivity index (χ2v) is 20.8. The van der Waals surface area contributed by atoms with Gasteiger partial charge in [-0.1, -0.05) is 57.8 Å². The first kappa shape index (κ1) is 30.9. The SMILES string of the molecule is C=C1CC[C@H]2[C@H](CNCc3nc4ccccc4n3COCC[Si](C)(C)C)[C@@H]([C@@]3(C)CC[C@H](O)C[C@@H]3CO)CC[C@]12C. The zero-order valence-corrected chi connectivity index (χ0v) is 27.3. The van der Waals surface area contributed by atoms with Crippen LogP contribution in [0.15, 0.2) is 36.4 Å². The van der Waals surface area contributed by atoms with Gasteiger partial charge in [0, 0.05) is 21.3 Å². The maximum absolute atomic E-state index is 10.5. The summed E-state index contributed by atoms with van der Waals surface area (Å²) >= 11 is 0. The van der Waals surface area contributed by atoms with Gasteiger partial charge in [-0.2, -0.15) is 0 Å². The predicted octanol–water partition coefficient (Wildman–Crippen LogP) is 6.60. The highest BCUT2D eigenvalue weighted by molar-refractivity contribution is 6.76. The number of allylic oxidation sites excluding steroid dienone is 1.